The highest BCUT2D eigenvalue weighted by atomic mass is 35.5. The number of rotatable bonds is 25. The van der Waals surface area contributed by atoms with E-state index in [4.69, 9.17) is 65.4 Å². The largest absolute Gasteiger partial charge is 0.378 e. The van der Waals surface area contributed by atoms with Gasteiger partial charge in [0.05, 0.1) is 57.8 Å². The van der Waals surface area contributed by atoms with Crippen molar-refractivity contribution in [1.82, 2.24) is 29.9 Å². The number of carbonyl (C=O) groups is 2. The quantitative estimate of drug-likeness (QED) is 0.0236. The van der Waals surface area contributed by atoms with Gasteiger partial charge in [-0.1, -0.05) is 70.7 Å². The van der Waals surface area contributed by atoms with Crippen LogP contribution < -0.4 is 20.1 Å². The zero-order valence-electron chi connectivity index (χ0n) is 37.6. The minimum absolute atomic E-state index is 0.114. The Morgan fingerprint density at radius 3 is 1.77 bits per heavy atom. The van der Waals surface area contributed by atoms with E-state index in [1.165, 1.54) is 11.1 Å². The lowest BCUT2D eigenvalue weighted by atomic mass is 9.85. The van der Waals surface area contributed by atoms with Crippen molar-refractivity contribution in [3.05, 3.63) is 126 Å². The third-order valence-corrected chi connectivity index (χ3v) is 13.7. The SMILES string of the molecule is CN1Cc2c(Cl)cc(Cl)cc2C(c2cccc(SNCCOCCOCCNC(=O)C=O)c2)C1.CNCCOCCOCCNS(=O)c1cccc(C2CN(C)Cc3c(Cl)cc(Cl)cc32)c1. The molecule has 0 saturated carbocycles. The first-order chi connectivity index (χ1) is 32.0. The van der Waals surface area contributed by atoms with Gasteiger partial charge in [0.1, 0.15) is 11.0 Å². The van der Waals surface area contributed by atoms with Gasteiger partial charge in [-0.2, -0.15) is 0 Å². The number of amides is 1. The summed E-state index contributed by atoms with van der Waals surface area (Å²) in [5.41, 5.74) is 6.92. The number of halogens is 4. The molecular weight excluding hydrogens is 966 g/mol. The van der Waals surface area contributed by atoms with Gasteiger partial charge in [-0.3, -0.25) is 14.3 Å². The Labute approximate surface area is 415 Å². The monoisotopic (exact) mass is 1020 g/mol. The highest BCUT2D eigenvalue weighted by Gasteiger charge is 2.29. The van der Waals surface area contributed by atoms with Crippen molar-refractivity contribution in [2.45, 2.75) is 34.7 Å². The molecule has 3 unspecified atom stereocenters. The van der Waals surface area contributed by atoms with Crippen LogP contribution in [0.15, 0.2) is 82.6 Å². The maximum atomic E-state index is 12.8. The molecule has 0 aliphatic carbocycles. The second kappa shape index (κ2) is 29.4. The zero-order valence-corrected chi connectivity index (χ0v) is 42.2. The van der Waals surface area contributed by atoms with Crippen LogP contribution in [0, 0.1) is 0 Å². The number of aldehydes is 1. The molecule has 2 aliphatic rings. The summed E-state index contributed by atoms with van der Waals surface area (Å²) in [4.78, 5) is 27.3. The second-order valence-electron chi connectivity index (χ2n) is 15.7. The Bertz CT molecular complexity index is 2200. The number of carbonyl (C=O) groups excluding carboxylic acids is 2. The van der Waals surface area contributed by atoms with Gasteiger partial charge in [0.15, 0.2) is 0 Å². The molecule has 0 aromatic heterocycles. The molecular formula is C47H60Cl4N6O7S2. The summed E-state index contributed by atoms with van der Waals surface area (Å²) in [6.07, 6.45) is 0.240. The lowest BCUT2D eigenvalue weighted by Gasteiger charge is -2.33. The number of ether oxygens (including phenoxy) is 4. The number of likely N-dealkylation sites (N-methyl/N-ethyl adjacent to an activating group) is 3. The third-order valence-electron chi connectivity index (χ3n) is 10.6. The van der Waals surface area contributed by atoms with Gasteiger partial charge in [-0.15, -0.1) is 0 Å². The van der Waals surface area contributed by atoms with Gasteiger partial charge in [-0.25, -0.2) is 8.93 Å². The summed E-state index contributed by atoms with van der Waals surface area (Å²) in [6, 6.07) is 24.1. The van der Waals surface area contributed by atoms with E-state index in [1.54, 1.807) is 18.0 Å². The molecule has 1 amide bonds. The Balaban J connectivity index is 0.000000248. The van der Waals surface area contributed by atoms with Crippen LogP contribution in [-0.2, 0) is 52.6 Å². The molecule has 4 aromatic carbocycles. The molecule has 2 heterocycles. The fraction of sp³-hybridized carbons (Fsp3) is 0.447. The molecule has 0 radical (unpaired) electrons. The maximum absolute atomic E-state index is 12.8. The second-order valence-corrected chi connectivity index (χ2v) is 19.6. The Morgan fingerprint density at radius 2 is 1.21 bits per heavy atom. The van der Waals surface area contributed by atoms with Crippen molar-refractivity contribution >= 4 is 81.5 Å². The van der Waals surface area contributed by atoms with E-state index in [2.05, 4.69) is 74.3 Å². The van der Waals surface area contributed by atoms with Gasteiger partial charge in [-0.05, 0) is 115 Å². The van der Waals surface area contributed by atoms with Crippen LogP contribution in [0.3, 0.4) is 0 Å². The number of fused-ring (bicyclic) bond motifs is 2. The number of hydrogen-bond donors (Lipinski definition) is 4. The third kappa shape index (κ3) is 17.7. The molecule has 0 fully saturated rings. The lowest BCUT2D eigenvalue weighted by Crippen LogP contribution is -2.31. The van der Waals surface area contributed by atoms with Crippen molar-refractivity contribution in [1.29, 1.82) is 0 Å². The number of nitrogens with zero attached hydrogens (tertiary/aromatic N) is 2. The fourth-order valence-corrected chi connectivity index (χ4v) is 10.3. The predicted molar refractivity (Wildman–Crippen MR) is 267 cm³/mol. The summed E-state index contributed by atoms with van der Waals surface area (Å²) < 4.78 is 40.9. The molecule has 0 spiro atoms. The molecule has 4 aromatic rings. The number of nitrogens with one attached hydrogen (secondary N) is 4. The molecule has 6 rings (SSSR count). The Kier molecular flexibility index (Phi) is 24.1. The average Bonchev–Trinajstić information content (AvgIpc) is 3.30. The van der Waals surface area contributed by atoms with E-state index < -0.39 is 16.9 Å². The summed E-state index contributed by atoms with van der Waals surface area (Å²) in [5, 5.41) is 8.14. The van der Waals surface area contributed by atoms with E-state index in [9.17, 15) is 13.8 Å². The summed E-state index contributed by atoms with van der Waals surface area (Å²) in [7, 11) is 4.76. The van der Waals surface area contributed by atoms with Crippen molar-refractivity contribution in [3.63, 3.8) is 0 Å². The van der Waals surface area contributed by atoms with Crippen LogP contribution in [0.25, 0.3) is 0 Å². The van der Waals surface area contributed by atoms with Crippen molar-refractivity contribution in [3.8, 4) is 0 Å². The molecule has 66 heavy (non-hydrogen) atoms. The van der Waals surface area contributed by atoms with Crippen molar-refractivity contribution < 1.29 is 32.7 Å². The van der Waals surface area contributed by atoms with E-state index in [-0.39, 0.29) is 18.1 Å². The van der Waals surface area contributed by atoms with Gasteiger partial charge >= 0.3 is 0 Å². The van der Waals surface area contributed by atoms with Crippen LogP contribution in [0.1, 0.15) is 45.2 Å². The number of benzene rings is 4. The fourth-order valence-electron chi connectivity index (χ4n) is 7.55. The highest BCUT2D eigenvalue weighted by Crippen LogP contribution is 2.40. The molecule has 4 N–H and O–H groups in total. The minimum Gasteiger partial charge on any atom is -0.378 e. The smallest absolute Gasteiger partial charge is 0.284 e. The summed E-state index contributed by atoms with van der Waals surface area (Å²) in [5.74, 6) is -0.317. The van der Waals surface area contributed by atoms with Crippen molar-refractivity contribution in [2.24, 2.45) is 0 Å². The van der Waals surface area contributed by atoms with E-state index in [0.29, 0.717) is 87.6 Å². The Hall–Kier alpha value is -2.68. The van der Waals surface area contributed by atoms with Crippen LogP contribution >= 0.6 is 58.4 Å². The van der Waals surface area contributed by atoms with Crippen LogP contribution in [0.2, 0.25) is 20.1 Å². The Morgan fingerprint density at radius 1 is 0.697 bits per heavy atom. The molecule has 2 aliphatic heterocycles. The van der Waals surface area contributed by atoms with E-state index in [0.717, 1.165) is 69.8 Å². The molecule has 3 atom stereocenters. The molecule has 360 valence electrons. The highest BCUT2D eigenvalue weighted by molar-refractivity contribution is 7.97. The van der Waals surface area contributed by atoms with Gasteiger partial charge in [0, 0.05) is 89.2 Å². The normalized spacial score (nSPS) is 16.5. The summed E-state index contributed by atoms with van der Waals surface area (Å²) in [6.45, 7) is 9.65. The minimum atomic E-state index is -1.32. The maximum Gasteiger partial charge on any atom is 0.284 e. The molecule has 13 nitrogen and oxygen atoms in total. The van der Waals surface area contributed by atoms with Crippen LogP contribution in [-0.4, -0.2) is 139 Å². The van der Waals surface area contributed by atoms with Crippen LogP contribution in [0.4, 0.5) is 0 Å². The van der Waals surface area contributed by atoms with Gasteiger partial charge < -0.3 is 39.4 Å². The predicted octanol–water partition coefficient (Wildman–Crippen LogP) is 6.95. The first kappa shape index (κ1) is 54.3. The average molecular weight is 1030 g/mol. The molecule has 19 heteroatoms. The molecule has 0 saturated heterocycles. The van der Waals surface area contributed by atoms with Crippen LogP contribution in [0.5, 0.6) is 0 Å². The van der Waals surface area contributed by atoms with Crippen molar-refractivity contribution in [2.75, 3.05) is 113 Å². The topological polar surface area (TPSA) is 143 Å². The zero-order chi connectivity index (χ0) is 47.3. The number of hydrogen-bond acceptors (Lipinski definition) is 12. The first-order valence-electron chi connectivity index (χ1n) is 21.7. The first-order valence-corrected chi connectivity index (χ1v) is 25.2. The molecule has 0 bridgehead atoms. The standard InChI is InChI=1S/C24H29Cl2N3O4S.C23H31Cl2N3O3S/c1-29-14-21(20-12-18(25)13-23(26)22(20)15-29)17-3-2-4-19(11-17)34-28-6-8-33-10-9-32-7-5-27-24(31)16-30;1-26-6-8-30-10-11-31-9-7-27-32(29)19-5-3-4-17(12-19)21-15-28(2)16-22-20(21)13-18(24)14-23(22)25/h2-4,11-13,16,21,28H,5-10,14-15H2,1H3,(H,27,31);3-5,12-14,21,26-27H,6-11,15-16H2,1-2H3. The summed E-state index contributed by atoms with van der Waals surface area (Å²) >= 11 is 27.2. The van der Waals surface area contributed by atoms with Gasteiger partial charge in [0.2, 0.25) is 6.29 Å². The van der Waals surface area contributed by atoms with Gasteiger partial charge in [0.25, 0.3) is 5.91 Å². The lowest BCUT2D eigenvalue weighted by molar-refractivity contribution is -0.131. The van der Waals surface area contributed by atoms with E-state index >= 15 is 0 Å². The van der Waals surface area contributed by atoms with E-state index in [1.807, 2.05) is 43.4 Å².